The average Bonchev–Trinajstić information content (AvgIpc) is 2.29. The van der Waals surface area contributed by atoms with Crippen molar-refractivity contribution in [2.24, 2.45) is 4.40 Å². The van der Waals surface area contributed by atoms with E-state index in [4.69, 9.17) is 4.74 Å². The smallest absolute Gasteiger partial charge is 0.310 e. The van der Waals surface area contributed by atoms with Crippen LogP contribution in [0.4, 0.5) is 0 Å². The SMILES string of the molecule is CCOC(=O)Cc1ccccc1S(=O)(=O)N=C=O. The number of esters is 1. The van der Waals surface area contributed by atoms with Crippen molar-refractivity contribution in [1.29, 1.82) is 0 Å². The highest BCUT2D eigenvalue weighted by molar-refractivity contribution is 7.90. The summed E-state index contributed by atoms with van der Waals surface area (Å²) in [6.07, 6.45) is 0.786. The molecule has 0 radical (unpaired) electrons. The Morgan fingerprint density at radius 2 is 2.06 bits per heavy atom. The van der Waals surface area contributed by atoms with E-state index in [0.717, 1.165) is 6.08 Å². The van der Waals surface area contributed by atoms with Gasteiger partial charge in [0, 0.05) is 0 Å². The Kier molecular flexibility index (Phi) is 4.76. The average molecular weight is 269 g/mol. The molecular formula is C11H11NO5S. The van der Waals surface area contributed by atoms with Gasteiger partial charge in [-0.1, -0.05) is 22.6 Å². The van der Waals surface area contributed by atoms with Gasteiger partial charge in [-0.25, -0.2) is 4.79 Å². The van der Waals surface area contributed by atoms with E-state index in [9.17, 15) is 18.0 Å². The molecule has 0 saturated carbocycles. The highest BCUT2D eigenvalue weighted by Crippen LogP contribution is 2.18. The van der Waals surface area contributed by atoms with Gasteiger partial charge < -0.3 is 4.74 Å². The van der Waals surface area contributed by atoms with Crippen molar-refractivity contribution in [1.82, 2.24) is 0 Å². The Bertz CT molecular complexity index is 587. The second kappa shape index (κ2) is 6.09. The molecule has 0 aliphatic carbocycles. The summed E-state index contributed by atoms with van der Waals surface area (Å²) in [5, 5.41) is 0. The maximum Gasteiger partial charge on any atom is 0.310 e. The second-order valence-corrected chi connectivity index (χ2v) is 4.82. The van der Waals surface area contributed by atoms with E-state index < -0.39 is 16.0 Å². The molecule has 0 saturated heterocycles. The van der Waals surface area contributed by atoms with E-state index in [0.29, 0.717) is 0 Å². The molecule has 0 unspecified atom stereocenters. The van der Waals surface area contributed by atoms with E-state index in [1.165, 1.54) is 18.2 Å². The number of benzene rings is 1. The number of carbonyl (C=O) groups excluding carboxylic acids is 2. The van der Waals surface area contributed by atoms with Crippen molar-refractivity contribution >= 4 is 22.1 Å². The number of ether oxygens (including phenoxy) is 1. The molecule has 0 spiro atoms. The van der Waals surface area contributed by atoms with E-state index in [2.05, 4.69) is 4.40 Å². The van der Waals surface area contributed by atoms with E-state index >= 15 is 0 Å². The predicted octanol–water partition coefficient (Wildman–Crippen LogP) is 0.817. The zero-order valence-electron chi connectivity index (χ0n) is 9.62. The molecule has 0 aromatic heterocycles. The van der Waals surface area contributed by atoms with Gasteiger partial charge in [-0.2, -0.15) is 8.42 Å². The topological polar surface area (TPSA) is 89.9 Å². The molecule has 1 aromatic rings. The summed E-state index contributed by atoms with van der Waals surface area (Å²) < 4.78 is 30.7. The molecule has 0 N–H and O–H groups in total. The molecule has 0 fully saturated rings. The monoisotopic (exact) mass is 269 g/mol. The number of carbonyl (C=O) groups is 1. The first-order valence-corrected chi connectivity index (χ1v) is 6.53. The van der Waals surface area contributed by atoms with Crippen molar-refractivity contribution in [3.05, 3.63) is 29.8 Å². The first-order valence-electron chi connectivity index (χ1n) is 5.09. The highest BCUT2D eigenvalue weighted by Gasteiger charge is 2.19. The molecule has 0 amide bonds. The number of nitrogens with zero attached hydrogens (tertiary/aromatic N) is 1. The van der Waals surface area contributed by atoms with Gasteiger partial charge in [0.15, 0.2) is 0 Å². The van der Waals surface area contributed by atoms with Gasteiger partial charge in [0.2, 0.25) is 0 Å². The second-order valence-electron chi connectivity index (χ2n) is 3.25. The Labute approximate surface area is 104 Å². The third-order valence-corrected chi connectivity index (χ3v) is 3.32. The lowest BCUT2D eigenvalue weighted by molar-refractivity contribution is -0.142. The number of isocyanates is 1. The Balaban J connectivity index is 3.15. The molecule has 1 aromatic carbocycles. The molecule has 0 atom stereocenters. The number of rotatable bonds is 5. The van der Waals surface area contributed by atoms with Gasteiger partial charge in [-0.15, -0.1) is 0 Å². The summed E-state index contributed by atoms with van der Waals surface area (Å²) in [6.45, 7) is 1.86. The van der Waals surface area contributed by atoms with Crippen LogP contribution in [0.25, 0.3) is 0 Å². The number of sulfonamides is 1. The lowest BCUT2D eigenvalue weighted by Gasteiger charge is -2.06. The van der Waals surface area contributed by atoms with Crippen molar-refractivity contribution in [3.8, 4) is 0 Å². The first-order chi connectivity index (χ1) is 8.51. The van der Waals surface area contributed by atoms with Crippen LogP contribution < -0.4 is 0 Å². The summed E-state index contributed by atoms with van der Waals surface area (Å²) in [4.78, 5) is 21.2. The molecular weight excluding hydrogens is 258 g/mol. The van der Waals surface area contributed by atoms with Crippen LogP contribution in [0.3, 0.4) is 0 Å². The maximum atomic E-state index is 11.6. The predicted molar refractivity (Wildman–Crippen MR) is 62.1 cm³/mol. The van der Waals surface area contributed by atoms with Gasteiger partial charge in [0.05, 0.1) is 17.9 Å². The minimum atomic E-state index is -4.11. The lowest BCUT2D eigenvalue weighted by Crippen LogP contribution is -2.10. The fourth-order valence-electron chi connectivity index (χ4n) is 1.37. The summed E-state index contributed by atoms with van der Waals surface area (Å²) in [6, 6.07) is 5.79. The van der Waals surface area contributed by atoms with Gasteiger partial charge >= 0.3 is 5.97 Å². The zero-order chi connectivity index (χ0) is 13.6. The Morgan fingerprint density at radius 1 is 1.39 bits per heavy atom. The van der Waals surface area contributed by atoms with Gasteiger partial charge in [-0.3, -0.25) is 4.79 Å². The first kappa shape index (κ1) is 14.1. The number of hydrogen-bond acceptors (Lipinski definition) is 5. The van der Waals surface area contributed by atoms with Crippen LogP contribution in [0, 0.1) is 0 Å². The highest BCUT2D eigenvalue weighted by atomic mass is 32.2. The summed E-state index contributed by atoms with van der Waals surface area (Å²) in [5.74, 6) is -0.546. The fraction of sp³-hybridized carbons (Fsp3) is 0.273. The van der Waals surface area contributed by atoms with E-state index in [1.54, 1.807) is 13.0 Å². The molecule has 96 valence electrons. The Hall–Kier alpha value is -1.98. The van der Waals surface area contributed by atoms with Gasteiger partial charge in [-0.05, 0) is 18.6 Å². The van der Waals surface area contributed by atoms with Crippen LogP contribution in [0.1, 0.15) is 12.5 Å². The minimum Gasteiger partial charge on any atom is -0.466 e. The summed E-state index contributed by atoms with van der Waals surface area (Å²) in [7, 11) is -4.11. The Morgan fingerprint density at radius 3 is 2.67 bits per heavy atom. The quantitative estimate of drug-likeness (QED) is 0.448. The molecule has 0 aliphatic heterocycles. The molecule has 0 heterocycles. The van der Waals surface area contributed by atoms with Crippen molar-refractivity contribution in [2.45, 2.75) is 18.2 Å². The van der Waals surface area contributed by atoms with Crippen LogP contribution in [0.5, 0.6) is 0 Å². The lowest BCUT2D eigenvalue weighted by atomic mass is 10.1. The molecule has 0 aliphatic rings. The third-order valence-electron chi connectivity index (χ3n) is 2.05. The van der Waals surface area contributed by atoms with Crippen LogP contribution >= 0.6 is 0 Å². The van der Waals surface area contributed by atoms with Crippen LogP contribution in [0.15, 0.2) is 33.6 Å². The largest absolute Gasteiger partial charge is 0.466 e. The fourth-order valence-corrected chi connectivity index (χ4v) is 2.29. The molecule has 7 heteroatoms. The van der Waals surface area contributed by atoms with E-state index in [-0.39, 0.29) is 23.5 Å². The van der Waals surface area contributed by atoms with Crippen molar-refractivity contribution in [3.63, 3.8) is 0 Å². The van der Waals surface area contributed by atoms with Crippen LogP contribution in [-0.2, 0) is 30.8 Å². The normalized spacial score (nSPS) is 10.5. The summed E-state index contributed by atoms with van der Waals surface area (Å²) >= 11 is 0. The maximum absolute atomic E-state index is 11.6. The van der Waals surface area contributed by atoms with Gasteiger partial charge in [0.1, 0.15) is 0 Å². The number of hydrogen-bond donors (Lipinski definition) is 0. The van der Waals surface area contributed by atoms with Crippen molar-refractivity contribution < 1.29 is 22.7 Å². The van der Waals surface area contributed by atoms with Crippen LogP contribution in [-0.4, -0.2) is 27.1 Å². The third kappa shape index (κ3) is 3.51. The standard InChI is InChI=1S/C11H11NO5S/c1-2-17-11(14)7-9-5-3-4-6-10(9)18(15,16)12-8-13/h3-6H,2,7H2,1H3. The minimum absolute atomic E-state index is 0.193. The van der Waals surface area contributed by atoms with Gasteiger partial charge in [0.25, 0.3) is 16.1 Å². The van der Waals surface area contributed by atoms with Crippen LogP contribution in [0.2, 0.25) is 0 Å². The van der Waals surface area contributed by atoms with Crippen molar-refractivity contribution in [2.75, 3.05) is 6.61 Å². The molecule has 18 heavy (non-hydrogen) atoms. The van der Waals surface area contributed by atoms with E-state index in [1.807, 2.05) is 0 Å². The molecule has 6 nitrogen and oxygen atoms in total. The zero-order valence-corrected chi connectivity index (χ0v) is 10.4. The molecule has 1 rings (SSSR count). The molecule has 0 bridgehead atoms. The summed E-state index contributed by atoms with van der Waals surface area (Å²) in [5.41, 5.74) is 0.231.